The molecule has 0 spiro atoms. The number of nitrogens with one attached hydrogen (secondary N) is 1. The molecule has 1 unspecified atom stereocenters. The average molecular weight is 380 g/mol. The average Bonchev–Trinajstić information content (AvgIpc) is 3.09. The van der Waals surface area contributed by atoms with E-state index >= 15 is 0 Å². The van der Waals surface area contributed by atoms with Crippen molar-refractivity contribution in [2.45, 2.75) is 26.8 Å². The van der Waals surface area contributed by atoms with Crippen LogP contribution in [0.5, 0.6) is 0 Å². The molecule has 1 aliphatic heterocycles. The minimum atomic E-state index is -0.397. The molecule has 6 nitrogen and oxygen atoms in total. The summed E-state index contributed by atoms with van der Waals surface area (Å²) < 4.78 is 4.67. The quantitative estimate of drug-likeness (QED) is 0.810. The van der Waals surface area contributed by atoms with Crippen molar-refractivity contribution in [1.82, 2.24) is 5.32 Å². The van der Waals surface area contributed by atoms with Crippen LogP contribution in [0.4, 0.5) is 5.69 Å². The highest BCUT2D eigenvalue weighted by atomic mass is 16.5. The van der Waals surface area contributed by atoms with Crippen molar-refractivity contribution < 1.29 is 19.1 Å². The number of nitrogens with zero attached hydrogens (tertiary/aromatic N) is 1. The molecule has 0 saturated carbocycles. The Hall–Kier alpha value is -3.15. The number of carbonyl (C=O) groups excluding carboxylic acids is 3. The zero-order valence-corrected chi connectivity index (χ0v) is 16.3. The molecule has 3 rings (SSSR count). The lowest BCUT2D eigenvalue weighted by Gasteiger charge is -2.20. The molecule has 0 aliphatic carbocycles. The summed E-state index contributed by atoms with van der Waals surface area (Å²) in [5.74, 6) is -0.942. The second-order valence-electron chi connectivity index (χ2n) is 7.03. The highest BCUT2D eigenvalue weighted by Crippen LogP contribution is 2.29. The van der Waals surface area contributed by atoms with Gasteiger partial charge in [0.1, 0.15) is 0 Å². The van der Waals surface area contributed by atoms with Crippen LogP contribution < -0.4 is 10.2 Å². The van der Waals surface area contributed by atoms with Crippen LogP contribution in [0.25, 0.3) is 0 Å². The van der Waals surface area contributed by atoms with Crippen molar-refractivity contribution in [2.75, 3.05) is 18.6 Å². The summed E-state index contributed by atoms with van der Waals surface area (Å²) in [5.41, 5.74) is 4.38. The molecular weight excluding hydrogens is 356 g/mol. The number of benzene rings is 2. The molecule has 2 amide bonds. The van der Waals surface area contributed by atoms with E-state index < -0.39 is 5.97 Å². The third kappa shape index (κ3) is 4.06. The molecule has 1 aliphatic rings. The topological polar surface area (TPSA) is 75.7 Å². The highest BCUT2D eigenvalue weighted by molar-refractivity contribution is 6.00. The van der Waals surface area contributed by atoms with E-state index in [9.17, 15) is 14.4 Å². The summed E-state index contributed by atoms with van der Waals surface area (Å²) in [6.45, 7) is 4.73. The minimum Gasteiger partial charge on any atom is -0.465 e. The number of hydrogen-bond acceptors (Lipinski definition) is 4. The molecule has 2 aromatic rings. The van der Waals surface area contributed by atoms with Gasteiger partial charge in [-0.2, -0.15) is 0 Å². The zero-order chi connectivity index (χ0) is 20.3. The fraction of sp³-hybridized carbons (Fsp3) is 0.318. The van der Waals surface area contributed by atoms with Crippen molar-refractivity contribution >= 4 is 23.5 Å². The van der Waals surface area contributed by atoms with Gasteiger partial charge in [-0.15, -0.1) is 0 Å². The summed E-state index contributed by atoms with van der Waals surface area (Å²) in [6.07, 6.45) is 0.209. The van der Waals surface area contributed by atoms with Crippen molar-refractivity contribution in [3.05, 3.63) is 64.7 Å². The number of rotatable bonds is 5. The molecule has 28 heavy (non-hydrogen) atoms. The maximum absolute atomic E-state index is 12.6. The molecule has 1 heterocycles. The van der Waals surface area contributed by atoms with Gasteiger partial charge in [0.2, 0.25) is 11.8 Å². The first kappa shape index (κ1) is 19.6. The Balaban J connectivity index is 1.60. The first-order chi connectivity index (χ1) is 13.4. The lowest BCUT2D eigenvalue weighted by molar-refractivity contribution is -0.126. The Labute approximate surface area is 164 Å². The van der Waals surface area contributed by atoms with E-state index in [0.717, 1.165) is 22.4 Å². The lowest BCUT2D eigenvalue weighted by Crippen LogP contribution is -2.32. The van der Waals surface area contributed by atoms with Gasteiger partial charge in [0.25, 0.3) is 0 Å². The van der Waals surface area contributed by atoms with Crippen LogP contribution in [0.1, 0.15) is 33.5 Å². The molecule has 0 bridgehead atoms. The number of carbonyl (C=O) groups is 3. The summed E-state index contributed by atoms with van der Waals surface area (Å²) >= 11 is 0. The van der Waals surface area contributed by atoms with E-state index in [2.05, 4.69) is 10.1 Å². The van der Waals surface area contributed by atoms with Crippen molar-refractivity contribution in [3.63, 3.8) is 0 Å². The molecular formula is C22H24N2O4. The summed E-state index contributed by atoms with van der Waals surface area (Å²) in [6, 6.07) is 12.7. The van der Waals surface area contributed by atoms with Gasteiger partial charge in [0.15, 0.2) is 0 Å². The van der Waals surface area contributed by atoms with Crippen molar-refractivity contribution in [2.24, 2.45) is 5.92 Å². The first-order valence-electron chi connectivity index (χ1n) is 9.22. The first-order valence-corrected chi connectivity index (χ1v) is 9.22. The largest absolute Gasteiger partial charge is 0.465 e. The summed E-state index contributed by atoms with van der Waals surface area (Å²) in [7, 11) is 1.33. The zero-order valence-electron chi connectivity index (χ0n) is 16.3. The van der Waals surface area contributed by atoms with Gasteiger partial charge >= 0.3 is 5.97 Å². The summed E-state index contributed by atoms with van der Waals surface area (Å²) in [5, 5.41) is 2.89. The number of amides is 2. The monoisotopic (exact) mass is 380 g/mol. The SMILES string of the molecule is COC(=O)c1ccc(CNC(=O)C2CC(=O)N(c3cccc(C)c3C)C2)cc1. The number of aryl methyl sites for hydroxylation is 1. The Kier molecular flexibility index (Phi) is 5.78. The standard InChI is InChI=1S/C22H24N2O4/c1-14-5-4-6-19(15(14)2)24-13-18(11-20(24)25)21(26)23-12-16-7-9-17(10-8-16)22(27)28-3/h4-10,18H,11-13H2,1-3H3,(H,23,26). The Morgan fingerprint density at radius 2 is 1.86 bits per heavy atom. The minimum absolute atomic E-state index is 0.0312. The van der Waals surface area contributed by atoms with E-state index in [4.69, 9.17) is 0 Å². The van der Waals surface area contributed by atoms with Gasteiger partial charge in [-0.25, -0.2) is 4.79 Å². The molecule has 0 radical (unpaired) electrons. The van der Waals surface area contributed by atoms with Crippen LogP contribution in [-0.4, -0.2) is 31.4 Å². The predicted octanol–water partition coefficient (Wildman–Crippen LogP) is 2.76. The summed E-state index contributed by atoms with van der Waals surface area (Å²) in [4.78, 5) is 38.2. The Bertz CT molecular complexity index is 905. The molecule has 1 N–H and O–H groups in total. The molecule has 1 atom stereocenters. The van der Waals surface area contributed by atoms with Gasteiger partial charge < -0.3 is 15.0 Å². The second kappa shape index (κ2) is 8.25. The maximum Gasteiger partial charge on any atom is 0.337 e. The molecule has 0 aromatic heterocycles. The number of esters is 1. The molecule has 6 heteroatoms. The van der Waals surface area contributed by atoms with Gasteiger partial charge in [-0.05, 0) is 48.7 Å². The number of hydrogen-bond donors (Lipinski definition) is 1. The molecule has 1 fully saturated rings. The van der Waals surface area contributed by atoms with E-state index in [1.54, 1.807) is 29.2 Å². The fourth-order valence-electron chi connectivity index (χ4n) is 3.35. The normalized spacial score (nSPS) is 16.2. The van der Waals surface area contributed by atoms with Crippen LogP contribution in [0.2, 0.25) is 0 Å². The van der Waals surface area contributed by atoms with Gasteiger partial charge in [0.05, 0.1) is 18.6 Å². The van der Waals surface area contributed by atoms with Crippen LogP contribution in [0.3, 0.4) is 0 Å². The van der Waals surface area contributed by atoms with Crippen molar-refractivity contribution in [3.8, 4) is 0 Å². The van der Waals surface area contributed by atoms with Gasteiger partial charge in [0, 0.05) is 25.2 Å². The van der Waals surface area contributed by atoms with E-state index in [1.165, 1.54) is 7.11 Å². The Morgan fingerprint density at radius 3 is 2.54 bits per heavy atom. The van der Waals surface area contributed by atoms with E-state index in [0.29, 0.717) is 18.7 Å². The Morgan fingerprint density at radius 1 is 1.14 bits per heavy atom. The number of ether oxygens (including phenoxy) is 1. The van der Waals surface area contributed by atoms with Gasteiger partial charge in [-0.1, -0.05) is 24.3 Å². The number of anilines is 1. The highest BCUT2D eigenvalue weighted by Gasteiger charge is 2.35. The lowest BCUT2D eigenvalue weighted by atomic mass is 10.1. The molecule has 146 valence electrons. The van der Waals surface area contributed by atoms with Crippen LogP contribution in [-0.2, 0) is 20.9 Å². The second-order valence-corrected chi connectivity index (χ2v) is 7.03. The van der Waals surface area contributed by atoms with Crippen LogP contribution in [0.15, 0.2) is 42.5 Å². The van der Waals surface area contributed by atoms with Gasteiger partial charge in [-0.3, -0.25) is 9.59 Å². The van der Waals surface area contributed by atoms with E-state index in [-0.39, 0.29) is 24.2 Å². The number of methoxy groups -OCH3 is 1. The maximum atomic E-state index is 12.6. The molecule has 1 saturated heterocycles. The van der Waals surface area contributed by atoms with Crippen molar-refractivity contribution in [1.29, 1.82) is 0 Å². The predicted molar refractivity (Wildman–Crippen MR) is 106 cm³/mol. The third-order valence-electron chi connectivity index (χ3n) is 5.20. The smallest absolute Gasteiger partial charge is 0.337 e. The van der Waals surface area contributed by atoms with Crippen LogP contribution >= 0.6 is 0 Å². The van der Waals surface area contributed by atoms with E-state index in [1.807, 2.05) is 32.0 Å². The molecule has 2 aromatic carbocycles. The third-order valence-corrected chi connectivity index (χ3v) is 5.20. The fourth-order valence-corrected chi connectivity index (χ4v) is 3.35. The van der Waals surface area contributed by atoms with Crippen LogP contribution in [0, 0.1) is 19.8 Å².